The van der Waals surface area contributed by atoms with Gasteiger partial charge in [-0.1, -0.05) is 0 Å². The Kier molecular flexibility index (Phi) is 3.17. The van der Waals surface area contributed by atoms with Gasteiger partial charge in [0.25, 0.3) is 5.91 Å². The lowest BCUT2D eigenvalue weighted by atomic mass is 10.3. The van der Waals surface area contributed by atoms with Gasteiger partial charge in [0.05, 0.1) is 0 Å². The van der Waals surface area contributed by atoms with E-state index in [1.54, 1.807) is 0 Å². The zero-order valence-corrected chi connectivity index (χ0v) is 8.01. The van der Waals surface area contributed by atoms with E-state index in [9.17, 15) is 9.59 Å². The molecule has 7 heteroatoms. The third-order valence-electron chi connectivity index (χ3n) is 1.60. The average molecular weight is 210 g/mol. The summed E-state index contributed by atoms with van der Waals surface area (Å²) in [6, 6.07) is 0. The standard InChI is InChI=1S/C8H10N4O3/c1-4(7(10)13)15-8(14)5-6(9)12-3-2-11-5/h2-4H,1H3,(H2,9,12)(H2,10,13)/t4-/m1/s1. The molecule has 0 radical (unpaired) electrons. The second-order valence-corrected chi connectivity index (χ2v) is 2.74. The predicted molar refractivity (Wildman–Crippen MR) is 50.5 cm³/mol. The topological polar surface area (TPSA) is 121 Å². The van der Waals surface area contributed by atoms with Crippen LogP contribution in [0.5, 0.6) is 0 Å². The molecular weight excluding hydrogens is 200 g/mol. The molecule has 15 heavy (non-hydrogen) atoms. The molecule has 1 rings (SSSR count). The van der Waals surface area contributed by atoms with E-state index in [-0.39, 0.29) is 11.5 Å². The molecule has 0 fully saturated rings. The van der Waals surface area contributed by atoms with Crippen molar-refractivity contribution in [2.75, 3.05) is 5.73 Å². The van der Waals surface area contributed by atoms with Gasteiger partial charge in [-0.15, -0.1) is 0 Å². The molecule has 0 saturated heterocycles. The van der Waals surface area contributed by atoms with Gasteiger partial charge in [-0.3, -0.25) is 4.79 Å². The fraction of sp³-hybridized carbons (Fsp3) is 0.250. The Bertz CT molecular complexity index is 393. The first-order valence-corrected chi connectivity index (χ1v) is 4.09. The van der Waals surface area contributed by atoms with Crippen LogP contribution < -0.4 is 11.5 Å². The zero-order valence-electron chi connectivity index (χ0n) is 8.01. The molecule has 0 saturated carbocycles. The van der Waals surface area contributed by atoms with Crippen molar-refractivity contribution in [2.45, 2.75) is 13.0 Å². The molecule has 0 aliphatic heterocycles. The quantitative estimate of drug-likeness (QED) is 0.623. The fourth-order valence-corrected chi connectivity index (χ4v) is 0.781. The van der Waals surface area contributed by atoms with Gasteiger partial charge >= 0.3 is 5.97 Å². The van der Waals surface area contributed by atoms with Gasteiger partial charge < -0.3 is 16.2 Å². The number of primary amides is 1. The Balaban J connectivity index is 2.78. The summed E-state index contributed by atoms with van der Waals surface area (Å²) in [5.74, 6) is -1.63. The number of carbonyl (C=O) groups is 2. The number of aromatic nitrogens is 2. The highest BCUT2D eigenvalue weighted by Crippen LogP contribution is 2.06. The third kappa shape index (κ3) is 2.63. The highest BCUT2D eigenvalue weighted by atomic mass is 16.5. The number of ether oxygens (including phenoxy) is 1. The Morgan fingerprint density at radius 3 is 2.53 bits per heavy atom. The largest absolute Gasteiger partial charge is 0.448 e. The maximum atomic E-state index is 11.4. The average Bonchev–Trinajstić information content (AvgIpc) is 2.18. The van der Waals surface area contributed by atoms with Gasteiger partial charge in [0.2, 0.25) is 0 Å². The van der Waals surface area contributed by atoms with Crippen LogP contribution >= 0.6 is 0 Å². The molecule has 80 valence electrons. The Morgan fingerprint density at radius 1 is 1.40 bits per heavy atom. The number of hydrogen-bond donors (Lipinski definition) is 2. The van der Waals surface area contributed by atoms with Gasteiger partial charge in [0.15, 0.2) is 17.6 Å². The maximum Gasteiger partial charge on any atom is 0.361 e. The van der Waals surface area contributed by atoms with Crippen molar-refractivity contribution >= 4 is 17.7 Å². The second kappa shape index (κ2) is 4.36. The SMILES string of the molecule is C[C@@H](OC(=O)c1nccnc1N)C(N)=O. The van der Waals surface area contributed by atoms with E-state index in [2.05, 4.69) is 14.7 Å². The summed E-state index contributed by atoms with van der Waals surface area (Å²) >= 11 is 0. The number of nitrogens with two attached hydrogens (primary N) is 2. The number of nitrogen functional groups attached to an aromatic ring is 1. The second-order valence-electron chi connectivity index (χ2n) is 2.74. The molecule has 0 spiro atoms. The smallest absolute Gasteiger partial charge is 0.361 e. The number of anilines is 1. The van der Waals surface area contributed by atoms with Gasteiger partial charge in [-0.05, 0) is 6.92 Å². The normalized spacial score (nSPS) is 11.8. The first-order chi connectivity index (χ1) is 7.02. The van der Waals surface area contributed by atoms with Crippen molar-refractivity contribution in [1.29, 1.82) is 0 Å². The monoisotopic (exact) mass is 210 g/mol. The van der Waals surface area contributed by atoms with Gasteiger partial charge in [0.1, 0.15) is 0 Å². The van der Waals surface area contributed by atoms with E-state index in [1.807, 2.05) is 0 Å². The molecule has 1 aromatic heterocycles. The molecule has 0 unspecified atom stereocenters. The number of rotatable bonds is 3. The molecule has 4 N–H and O–H groups in total. The van der Waals surface area contributed by atoms with Crippen molar-refractivity contribution in [2.24, 2.45) is 5.73 Å². The van der Waals surface area contributed by atoms with Crippen LogP contribution in [-0.2, 0) is 9.53 Å². The maximum absolute atomic E-state index is 11.4. The van der Waals surface area contributed by atoms with Crippen LogP contribution in [0.4, 0.5) is 5.82 Å². The predicted octanol–water partition coefficient (Wildman–Crippen LogP) is -0.911. The molecule has 1 atom stereocenters. The fourth-order valence-electron chi connectivity index (χ4n) is 0.781. The van der Waals surface area contributed by atoms with E-state index >= 15 is 0 Å². The lowest BCUT2D eigenvalue weighted by Crippen LogP contribution is -2.31. The highest BCUT2D eigenvalue weighted by Gasteiger charge is 2.19. The number of amides is 1. The number of carbonyl (C=O) groups excluding carboxylic acids is 2. The molecule has 1 aromatic rings. The summed E-state index contributed by atoms with van der Waals surface area (Å²) in [5.41, 5.74) is 10.2. The van der Waals surface area contributed by atoms with Gasteiger partial charge in [-0.25, -0.2) is 14.8 Å². The lowest BCUT2D eigenvalue weighted by Gasteiger charge is -2.09. The van der Waals surface area contributed by atoms with Crippen molar-refractivity contribution in [1.82, 2.24) is 9.97 Å². The minimum absolute atomic E-state index is 0.0563. The van der Waals surface area contributed by atoms with E-state index in [1.165, 1.54) is 19.3 Å². The molecule has 0 bridgehead atoms. The van der Waals surface area contributed by atoms with E-state index in [0.717, 1.165) is 0 Å². The van der Waals surface area contributed by atoms with Crippen molar-refractivity contribution in [3.8, 4) is 0 Å². The van der Waals surface area contributed by atoms with Crippen LogP contribution in [-0.4, -0.2) is 27.9 Å². The number of nitrogens with zero attached hydrogens (tertiary/aromatic N) is 2. The molecule has 0 aliphatic rings. The van der Waals surface area contributed by atoms with Crippen LogP contribution in [0.3, 0.4) is 0 Å². The van der Waals surface area contributed by atoms with E-state index in [4.69, 9.17) is 11.5 Å². The Hall–Kier alpha value is -2.18. The number of esters is 1. The lowest BCUT2D eigenvalue weighted by molar-refractivity contribution is -0.125. The van der Waals surface area contributed by atoms with E-state index in [0.29, 0.717) is 0 Å². The molecule has 1 amide bonds. The van der Waals surface area contributed by atoms with Crippen molar-refractivity contribution in [3.05, 3.63) is 18.1 Å². The highest BCUT2D eigenvalue weighted by molar-refractivity contribution is 5.93. The summed E-state index contributed by atoms with van der Waals surface area (Å²) in [6.45, 7) is 1.35. The summed E-state index contributed by atoms with van der Waals surface area (Å²) in [7, 11) is 0. The molecular formula is C8H10N4O3. The molecule has 0 aromatic carbocycles. The zero-order chi connectivity index (χ0) is 11.4. The summed E-state index contributed by atoms with van der Waals surface area (Å²) in [5, 5.41) is 0. The number of hydrogen-bond acceptors (Lipinski definition) is 6. The van der Waals surface area contributed by atoms with Crippen LogP contribution in [0, 0.1) is 0 Å². The first-order valence-electron chi connectivity index (χ1n) is 4.09. The summed E-state index contributed by atoms with van der Waals surface area (Å²) in [6.07, 6.45) is 1.60. The van der Waals surface area contributed by atoms with Crippen molar-refractivity contribution < 1.29 is 14.3 Å². The minimum atomic E-state index is -1.03. The molecule has 7 nitrogen and oxygen atoms in total. The van der Waals surface area contributed by atoms with Crippen molar-refractivity contribution in [3.63, 3.8) is 0 Å². The summed E-state index contributed by atoms with van der Waals surface area (Å²) < 4.78 is 4.68. The molecule has 0 aliphatic carbocycles. The van der Waals surface area contributed by atoms with Gasteiger partial charge in [0, 0.05) is 12.4 Å². The first kappa shape index (κ1) is 10.9. The summed E-state index contributed by atoms with van der Waals surface area (Å²) in [4.78, 5) is 29.3. The molecule has 1 heterocycles. The van der Waals surface area contributed by atoms with Crippen LogP contribution in [0.1, 0.15) is 17.4 Å². The Morgan fingerprint density at radius 2 is 2.00 bits per heavy atom. The van der Waals surface area contributed by atoms with Crippen LogP contribution in [0.15, 0.2) is 12.4 Å². The van der Waals surface area contributed by atoms with Crippen LogP contribution in [0.25, 0.3) is 0 Å². The third-order valence-corrected chi connectivity index (χ3v) is 1.60. The van der Waals surface area contributed by atoms with Gasteiger partial charge in [-0.2, -0.15) is 0 Å². The minimum Gasteiger partial charge on any atom is -0.448 e. The Labute approximate surface area is 85.4 Å². The van der Waals surface area contributed by atoms with Crippen LogP contribution in [0.2, 0.25) is 0 Å². The van der Waals surface area contributed by atoms with E-state index < -0.39 is 18.0 Å².